The van der Waals surface area contributed by atoms with Gasteiger partial charge in [0.15, 0.2) is 0 Å². The summed E-state index contributed by atoms with van der Waals surface area (Å²) in [5.74, 6) is 0.793. The maximum absolute atomic E-state index is 12.2. The number of aromatic nitrogens is 3. The molecule has 0 aliphatic rings. The van der Waals surface area contributed by atoms with Gasteiger partial charge in [-0.1, -0.05) is 6.07 Å². The number of nitrogens with one attached hydrogen (secondary N) is 3. The Bertz CT molecular complexity index is 966. The maximum Gasteiger partial charge on any atom is 0.404 e. The van der Waals surface area contributed by atoms with Gasteiger partial charge in [0.2, 0.25) is 0 Å². The van der Waals surface area contributed by atoms with Crippen LogP contribution in [0.2, 0.25) is 0 Å². The van der Waals surface area contributed by atoms with Crippen LogP contribution in [-0.4, -0.2) is 45.3 Å². The summed E-state index contributed by atoms with van der Waals surface area (Å²) < 4.78 is 5.34. The summed E-state index contributed by atoms with van der Waals surface area (Å²) in [5, 5.41) is 18.5. The number of anilines is 2. The molecule has 0 saturated heterocycles. The number of pyridine rings is 2. The van der Waals surface area contributed by atoms with Gasteiger partial charge in [0, 0.05) is 29.9 Å². The lowest BCUT2D eigenvalue weighted by Crippen LogP contribution is -2.25. The summed E-state index contributed by atoms with van der Waals surface area (Å²) in [7, 11) is 0. The van der Waals surface area contributed by atoms with E-state index in [1.807, 2.05) is 12.1 Å². The van der Waals surface area contributed by atoms with Crippen molar-refractivity contribution >= 4 is 35.1 Å². The molecule has 0 unspecified atom stereocenters. The van der Waals surface area contributed by atoms with E-state index in [1.165, 1.54) is 11.3 Å². The molecule has 0 saturated carbocycles. The fourth-order valence-electron chi connectivity index (χ4n) is 2.26. The highest BCUT2D eigenvalue weighted by Gasteiger charge is 2.09. The molecule has 0 spiro atoms. The van der Waals surface area contributed by atoms with Crippen molar-refractivity contribution < 1.29 is 19.4 Å². The monoisotopic (exact) mass is 414 g/mol. The number of hydrogen-bond donors (Lipinski definition) is 4. The number of ether oxygens (including phenoxy) is 1. The highest BCUT2D eigenvalue weighted by atomic mass is 32.1. The van der Waals surface area contributed by atoms with Gasteiger partial charge in [-0.3, -0.25) is 15.6 Å². The van der Waals surface area contributed by atoms with Crippen molar-refractivity contribution in [2.24, 2.45) is 0 Å². The molecule has 0 aliphatic heterocycles. The van der Waals surface area contributed by atoms with Gasteiger partial charge in [0.25, 0.3) is 0 Å². The third-order valence-electron chi connectivity index (χ3n) is 3.49. The van der Waals surface area contributed by atoms with Crippen LogP contribution in [-0.2, 0) is 11.3 Å². The molecule has 11 heteroatoms. The third-order valence-corrected chi connectivity index (χ3v) is 4.39. The number of hydrogen-bond acceptors (Lipinski definition) is 7. The maximum atomic E-state index is 12.2. The Hall–Kier alpha value is -3.57. The van der Waals surface area contributed by atoms with Crippen LogP contribution in [0, 0.1) is 0 Å². The molecule has 0 aliphatic carbocycles. The van der Waals surface area contributed by atoms with Crippen molar-refractivity contribution in [1.82, 2.24) is 20.3 Å². The first-order valence-electron chi connectivity index (χ1n) is 8.54. The molecule has 3 aromatic heterocycles. The minimum absolute atomic E-state index is 0.185. The Morgan fingerprint density at radius 2 is 1.86 bits per heavy atom. The van der Waals surface area contributed by atoms with Crippen LogP contribution in [0.5, 0.6) is 0 Å². The number of urea groups is 1. The average Bonchev–Trinajstić information content (AvgIpc) is 3.17. The number of carbonyl (C=O) groups excluding carboxylic acids is 1. The van der Waals surface area contributed by atoms with Gasteiger partial charge in [-0.2, -0.15) is 0 Å². The normalized spacial score (nSPS) is 10.3. The molecule has 150 valence electrons. The summed E-state index contributed by atoms with van der Waals surface area (Å²) in [6.45, 7) is 0.598. The lowest BCUT2D eigenvalue weighted by molar-refractivity contribution is 0.118. The first-order valence-corrected chi connectivity index (χ1v) is 9.42. The van der Waals surface area contributed by atoms with E-state index in [2.05, 4.69) is 30.9 Å². The average molecular weight is 414 g/mol. The zero-order valence-corrected chi connectivity index (χ0v) is 16.0. The van der Waals surface area contributed by atoms with Crippen LogP contribution < -0.4 is 16.0 Å². The quantitative estimate of drug-likeness (QED) is 0.416. The Morgan fingerprint density at radius 3 is 2.66 bits per heavy atom. The lowest BCUT2D eigenvalue weighted by atomic mass is 10.3. The zero-order chi connectivity index (χ0) is 20.5. The highest BCUT2D eigenvalue weighted by molar-refractivity contribution is 7.13. The second-order valence-electron chi connectivity index (χ2n) is 5.65. The van der Waals surface area contributed by atoms with Gasteiger partial charge in [-0.25, -0.2) is 19.6 Å². The lowest BCUT2D eigenvalue weighted by Gasteiger charge is -2.08. The summed E-state index contributed by atoms with van der Waals surface area (Å²) in [6, 6.07) is 8.36. The van der Waals surface area contributed by atoms with Crippen molar-refractivity contribution in [1.29, 1.82) is 0 Å². The Morgan fingerprint density at radius 1 is 1.07 bits per heavy atom. The Kier molecular flexibility index (Phi) is 7.03. The molecule has 3 heterocycles. The topological polar surface area (TPSA) is 138 Å². The van der Waals surface area contributed by atoms with E-state index in [0.29, 0.717) is 17.3 Å². The molecule has 0 atom stereocenters. The molecule has 29 heavy (non-hydrogen) atoms. The minimum Gasteiger partial charge on any atom is -0.465 e. The van der Waals surface area contributed by atoms with Gasteiger partial charge < -0.3 is 15.2 Å². The Labute approximate surface area is 170 Å². The van der Waals surface area contributed by atoms with Crippen LogP contribution in [0.15, 0.2) is 48.1 Å². The molecule has 10 nitrogen and oxygen atoms in total. The van der Waals surface area contributed by atoms with E-state index in [4.69, 9.17) is 9.84 Å². The molecular weight excluding hydrogens is 396 g/mol. The molecule has 0 radical (unpaired) electrons. The fourth-order valence-corrected chi connectivity index (χ4v) is 3.02. The van der Waals surface area contributed by atoms with E-state index in [-0.39, 0.29) is 19.8 Å². The summed E-state index contributed by atoms with van der Waals surface area (Å²) in [6.07, 6.45) is 2.26. The molecule has 0 aromatic carbocycles. The van der Waals surface area contributed by atoms with E-state index in [0.717, 1.165) is 10.6 Å². The molecule has 3 amide bonds. The predicted molar refractivity (Wildman–Crippen MR) is 108 cm³/mol. The first-order chi connectivity index (χ1) is 14.1. The molecule has 3 aromatic rings. The third kappa shape index (κ3) is 6.52. The number of carboxylic acid groups (broad SMARTS) is 1. The largest absolute Gasteiger partial charge is 0.465 e. The molecule has 0 bridgehead atoms. The van der Waals surface area contributed by atoms with Gasteiger partial charge in [0.1, 0.15) is 16.6 Å². The van der Waals surface area contributed by atoms with Gasteiger partial charge >= 0.3 is 12.1 Å². The molecule has 0 fully saturated rings. The number of thiazole rings is 1. The van der Waals surface area contributed by atoms with Crippen molar-refractivity contribution in [2.45, 2.75) is 6.61 Å². The summed E-state index contributed by atoms with van der Waals surface area (Å²) in [4.78, 5) is 35.2. The van der Waals surface area contributed by atoms with Crippen LogP contribution in [0.4, 0.5) is 21.2 Å². The van der Waals surface area contributed by atoms with E-state index in [1.54, 1.807) is 36.0 Å². The number of rotatable bonds is 8. The number of nitrogens with zero attached hydrogens (tertiary/aromatic N) is 3. The van der Waals surface area contributed by atoms with Gasteiger partial charge in [0.05, 0.1) is 18.9 Å². The van der Waals surface area contributed by atoms with Gasteiger partial charge in [-0.05, 0) is 24.3 Å². The smallest absolute Gasteiger partial charge is 0.404 e. The highest BCUT2D eigenvalue weighted by Crippen LogP contribution is 2.25. The van der Waals surface area contributed by atoms with Crippen molar-refractivity contribution in [3.8, 4) is 10.6 Å². The fraction of sp³-hybridized carbons (Fsp3) is 0.167. The predicted octanol–water partition coefficient (Wildman–Crippen LogP) is 3.03. The summed E-state index contributed by atoms with van der Waals surface area (Å²) in [5.41, 5.74) is 1.53. The second kappa shape index (κ2) is 10.1. The van der Waals surface area contributed by atoms with E-state index >= 15 is 0 Å². The first kappa shape index (κ1) is 20.2. The second-order valence-corrected chi connectivity index (χ2v) is 6.51. The van der Waals surface area contributed by atoms with E-state index < -0.39 is 12.1 Å². The zero-order valence-electron chi connectivity index (χ0n) is 15.2. The Balaban J connectivity index is 1.49. The molecular formula is C18H18N6O4S. The molecule has 3 rings (SSSR count). The number of carbonyl (C=O) groups is 2. The van der Waals surface area contributed by atoms with Crippen LogP contribution in [0.25, 0.3) is 10.6 Å². The van der Waals surface area contributed by atoms with Crippen LogP contribution in [0.3, 0.4) is 0 Å². The van der Waals surface area contributed by atoms with Crippen molar-refractivity contribution in [3.05, 3.63) is 53.8 Å². The number of amides is 3. The van der Waals surface area contributed by atoms with Crippen molar-refractivity contribution in [3.63, 3.8) is 0 Å². The minimum atomic E-state index is -1.10. The van der Waals surface area contributed by atoms with Crippen LogP contribution >= 0.6 is 11.3 Å². The molecule has 4 N–H and O–H groups in total. The summed E-state index contributed by atoms with van der Waals surface area (Å²) >= 11 is 1.41. The standard InChI is InChI=1S/C18H18N6O4S/c25-17(24-15-11-29-16(22-15)12-4-6-19-7-5-12)23-14-3-1-2-13(21-14)10-28-9-8-20-18(26)27/h1-7,11,20H,8-10H2,(H,26,27)(H2,21,23,24,25). The van der Waals surface area contributed by atoms with Gasteiger partial charge in [-0.15, -0.1) is 11.3 Å². The SMILES string of the molecule is O=C(O)NCCOCc1cccc(NC(=O)Nc2csc(-c3ccncc3)n2)n1. The van der Waals surface area contributed by atoms with Crippen molar-refractivity contribution in [2.75, 3.05) is 23.8 Å². The van der Waals surface area contributed by atoms with Crippen LogP contribution in [0.1, 0.15) is 5.69 Å². The van der Waals surface area contributed by atoms with E-state index in [9.17, 15) is 9.59 Å².